The fraction of sp³-hybridized carbons (Fsp3) is 0.625. The second-order valence-corrected chi connectivity index (χ2v) is 8.86. The van der Waals surface area contributed by atoms with Crippen LogP contribution in [0.5, 0.6) is 11.5 Å². The van der Waals surface area contributed by atoms with Crippen LogP contribution in [0.25, 0.3) is 0 Å². The van der Waals surface area contributed by atoms with Gasteiger partial charge in [0.05, 0.1) is 26.2 Å². The number of ether oxygens (including phenoxy) is 2. The molecule has 0 saturated carbocycles. The van der Waals surface area contributed by atoms with E-state index in [1.165, 1.54) is 0 Å². The lowest BCUT2D eigenvalue weighted by Crippen LogP contribution is -2.54. The van der Waals surface area contributed by atoms with Gasteiger partial charge in [-0.2, -0.15) is 5.26 Å². The first-order valence-corrected chi connectivity index (χ1v) is 11.3. The summed E-state index contributed by atoms with van der Waals surface area (Å²) in [5.74, 6) is 1.41. The predicted molar refractivity (Wildman–Crippen MR) is 120 cm³/mol. The van der Waals surface area contributed by atoms with Gasteiger partial charge in [-0.25, -0.2) is 0 Å². The van der Waals surface area contributed by atoms with Gasteiger partial charge in [0.2, 0.25) is 11.8 Å². The lowest BCUT2D eigenvalue weighted by Gasteiger charge is -2.38. The van der Waals surface area contributed by atoms with Crippen LogP contribution in [0, 0.1) is 23.2 Å². The third-order valence-electron chi connectivity index (χ3n) is 6.47. The highest BCUT2D eigenvalue weighted by Crippen LogP contribution is 2.28. The van der Waals surface area contributed by atoms with Crippen LogP contribution in [0.4, 0.5) is 0 Å². The SMILES string of the molecule is COc1ccc(CCN2CC(C(=O)N3CCN(C(C#N)C(C)C)CC3)CC2=O)cc1OC. The van der Waals surface area contributed by atoms with Gasteiger partial charge in [0.15, 0.2) is 11.5 Å². The zero-order chi connectivity index (χ0) is 23.3. The number of carbonyl (C=O) groups excluding carboxylic acids is 2. The molecule has 2 fully saturated rings. The second kappa shape index (κ2) is 10.7. The van der Waals surface area contributed by atoms with Crippen molar-refractivity contribution >= 4 is 11.8 Å². The topological polar surface area (TPSA) is 86.1 Å². The molecule has 2 atom stereocenters. The molecule has 2 amide bonds. The molecule has 1 aromatic rings. The molecule has 0 radical (unpaired) electrons. The lowest BCUT2D eigenvalue weighted by atomic mass is 10.0. The molecule has 32 heavy (non-hydrogen) atoms. The van der Waals surface area contributed by atoms with Gasteiger partial charge in [-0.15, -0.1) is 0 Å². The zero-order valence-electron chi connectivity index (χ0n) is 19.5. The first-order chi connectivity index (χ1) is 15.4. The van der Waals surface area contributed by atoms with Crippen LogP contribution in [-0.4, -0.2) is 86.0 Å². The number of piperazine rings is 1. The fourth-order valence-electron chi connectivity index (χ4n) is 4.58. The Labute approximate surface area is 190 Å². The third-order valence-corrected chi connectivity index (χ3v) is 6.47. The van der Waals surface area contributed by atoms with Gasteiger partial charge in [-0.1, -0.05) is 19.9 Å². The third kappa shape index (κ3) is 5.33. The average molecular weight is 443 g/mol. The van der Waals surface area contributed by atoms with E-state index in [0.717, 1.165) is 5.56 Å². The molecular weight excluding hydrogens is 408 g/mol. The van der Waals surface area contributed by atoms with E-state index in [2.05, 4.69) is 11.0 Å². The zero-order valence-corrected chi connectivity index (χ0v) is 19.5. The van der Waals surface area contributed by atoms with Crippen molar-refractivity contribution in [1.82, 2.24) is 14.7 Å². The van der Waals surface area contributed by atoms with Crippen molar-refractivity contribution < 1.29 is 19.1 Å². The van der Waals surface area contributed by atoms with E-state index in [1.807, 2.05) is 36.9 Å². The molecule has 8 nitrogen and oxygen atoms in total. The summed E-state index contributed by atoms with van der Waals surface area (Å²) in [6, 6.07) is 8.02. The number of rotatable bonds is 8. The number of nitriles is 1. The van der Waals surface area contributed by atoms with Gasteiger partial charge >= 0.3 is 0 Å². The summed E-state index contributed by atoms with van der Waals surface area (Å²) in [7, 11) is 3.20. The quantitative estimate of drug-likeness (QED) is 0.610. The lowest BCUT2D eigenvalue weighted by molar-refractivity contribution is -0.137. The fourth-order valence-corrected chi connectivity index (χ4v) is 4.58. The number of methoxy groups -OCH3 is 2. The van der Waals surface area contributed by atoms with Crippen LogP contribution >= 0.6 is 0 Å². The first-order valence-electron chi connectivity index (χ1n) is 11.3. The number of nitrogens with zero attached hydrogens (tertiary/aromatic N) is 4. The minimum absolute atomic E-state index is 0.0341. The summed E-state index contributed by atoms with van der Waals surface area (Å²) < 4.78 is 10.6. The van der Waals surface area contributed by atoms with E-state index in [1.54, 1.807) is 19.1 Å². The highest BCUT2D eigenvalue weighted by atomic mass is 16.5. The summed E-state index contributed by atoms with van der Waals surface area (Å²) in [5, 5.41) is 9.41. The Kier molecular flexibility index (Phi) is 7.97. The van der Waals surface area contributed by atoms with E-state index in [0.29, 0.717) is 57.2 Å². The molecule has 1 aromatic carbocycles. The van der Waals surface area contributed by atoms with Gasteiger partial charge in [0.1, 0.15) is 6.04 Å². The molecule has 2 saturated heterocycles. The molecule has 8 heteroatoms. The number of likely N-dealkylation sites (tertiary alicyclic amines) is 1. The van der Waals surface area contributed by atoms with E-state index in [9.17, 15) is 14.9 Å². The van der Waals surface area contributed by atoms with Gasteiger partial charge in [-0.3, -0.25) is 14.5 Å². The monoisotopic (exact) mass is 442 g/mol. The van der Waals surface area contributed by atoms with Crippen LogP contribution in [0.15, 0.2) is 18.2 Å². The Morgan fingerprint density at radius 1 is 1.16 bits per heavy atom. The molecule has 2 unspecified atom stereocenters. The Hall–Kier alpha value is -2.79. The molecule has 0 aliphatic carbocycles. The van der Waals surface area contributed by atoms with Crippen molar-refractivity contribution in [1.29, 1.82) is 5.26 Å². The summed E-state index contributed by atoms with van der Waals surface area (Å²) in [5.41, 5.74) is 1.05. The maximum absolute atomic E-state index is 13.0. The van der Waals surface area contributed by atoms with E-state index in [4.69, 9.17) is 9.47 Å². The Morgan fingerprint density at radius 2 is 1.84 bits per heavy atom. The Bertz CT molecular complexity index is 858. The van der Waals surface area contributed by atoms with Crippen molar-refractivity contribution in [3.8, 4) is 17.6 Å². The van der Waals surface area contributed by atoms with Gasteiger partial charge < -0.3 is 19.3 Å². The Morgan fingerprint density at radius 3 is 2.44 bits per heavy atom. The number of amides is 2. The number of carbonyl (C=O) groups is 2. The van der Waals surface area contributed by atoms with E-state index in [-0.39, 0.29) is 36.1 Å². The molecule has 2 aliphatic rings. The molecule has 0 aromatic heterocycles. The van der Waals surface area contributed by atoms with Crippen molar-refractivity contribution in [2.24, 2.45) is 11.8 Å². The molecule has 174 valence electrons. The van der Waals surface area contributed by atoms with Crippen LogP contribution in [0.1, 0.15) is 25.8 Å². The average Bonchev–Trinajstić information content (AvgIpc) is 3.18. The number of hydrogen-bond donors (Lipinski definition) is 0. The second-order valence-electron chi connectivity index (χ2n) is 8.86. The minimum atomic E-state index is -0.281. The molecule has 0 N–H and O–H groups in total. The molecular formula is C24H34N4O4. The van der Waals surface area contributed by atoms with Crippen LogP contribution in [-0.2, 0) is 16.0 Å². The minimum Gasteiger partial charge on any atom is -0.493 e. The van der Waals surface area contributed by atoms with Crippen molar-refractivity contribution in [2.45, 2.75) is 32.7 Å². The normalized spacial score (nSPS) is 20.4. The highest BCUT2D eigenvalue weighted by Gasteiger charge is 2.37. The van der Waals surface area contributed by atoms with Crippen molar-refractivity contribution in [3.05, 3.63) is 23.8 Å². The summed E-state index contributed by atoms with van der Waals surface area (Å²) in [4.78, 5) is 31.4. The van der Waals surface area contributed by atoms with Crippen LogP contribution in [0.3, 0.4) is 0 Å². The summed E-state index contributed by atoms with van der Waals surface area (Å²) in [6.07, 6.45) is 0.966. The molecule has 0 spiro atoms. The largest absolute Gasteiger partial charge is 0.493 e. The van der Waals surface area contributed by atoms with Crippen LogP contribution < -0.4 is 9.47 Å². The number of hydrogen-bond acceptors (Lipinski definition) is 6. The highest BCUT2D eigenvalue weighted by molar-refractivity contribution is 5.89. The Balaban J connectivity index is 1.51. The van der Waals surface area contributed by atoms with E-state index < -0.39 is 0 Å². The van der Waals surface area contributed by atoms with E-state index >= 15 is 0 Å². The van der Waals surface area contributed by atoms with Gasteiger partial charge in [-0.05, 0) is 30.0 Å². The maximum Gasteiger partial charge on any atom is 0.228 e. The van der Waals surface area contributed by atoms with Crippen LogP contribution in [0.2, 0.25) is 0 Å². The van der Waals surface area contributed by atoms with Crippen molar-refractivity contribution in [2.75, 3.05) is 53.5 Å². The summed E-state index contributed by atoms with van der Waals surface area (Å²) in [6.45, 7) is 7.76. The maximum atomic E-state index is 13.0. The first kappa shape index (κ1) is 23.9. The molecule has 3 rings (SSSR count). The predicted octanol–water partition coefficient (Wildman–Crippen LogP) is 1.79. The smallest absolute Gasteiger partial charge is 0.228 e. The standard InChI is InChI=1S/C24H34N4O4/c1-17(2)20(15-25)26-9-11-27(12-10-26)24(30)19-14-23(29)28(16-19)8-7-18-5-6-21(31-3)22(13-18)32-4/h5-6,13,17,19-20H,7-12,14,16H2,1-4H3. The number of benzene rings is 1. The van der Waals surface area contributed by atoms with Gasteiger partial charge in [0.25, 0.3) is 0 Å². The van der Waals surface area contributed by atoms with Gasteiger partial charge in [0, 0.05) is 45.7 Å². The summed E-state index contributed by atoms with van der Waals surface area (Å²) >= 11 is 0. The molecule has 0 bridgehead atoms. The molecule has 2 aliphatic heterocycles. The molecule has 2 heterocycles. The van der Waals surface area contributed by atoms with Crippen molar-refractivity contribution in [3.63, 3.8) is 0 Å².